The molecule has 1 saturated heterocycles. The Morgan fingerprint density at radius 2 is 2.14 bits per heavy atom. The quantitative estimate of drug-likeness (QED) is 0.913. The van der Waals surface area contributed by atoms with Gasteiger partial charge in [0.15, 0.2) is 5.69 Å². The molecule has 2 aliphatic rings. The summed E-state index contributed by atoms with van der Waals surface area (Å²) in [7, 11) is 0. The molecule has 0 bridgehead atoms. The van der Waals surface area contributed by atoms with E-state index in [-0.39, 0.29) is 17.7 Å². The smallest absolute Gasteiger partial charge is 0.279 e. The van der Waals surface area contributed by atoms with Crippen LogP contribution in [-0.2, 0) is 4.74 Å². The zero-order valence-corrected chi connectivity index (χ0v) is 13.2. The van der Waals surface area contributed by atoms with Gasteiger partial charge in [-0.2, -0.15) is 0 Å². The van der Waals surface area contributed by atoms with E-state index in [1.807, 2.05) is 0 Å². The number of aromatic nitrogens is 2. The minimum absolute atomic E-state index is 0.00839. The van der Waals surface area contributed by atoms with Crippen molar-refractivity contribution in [3.8, 4) is 0 Å². The fraction of sp³-hybridized carbons (Fsp3) is 0.688. The van der Waals surface area contributed by atoms with E-state index in [2.05, 4.69) is 9.97 Å². The zero-order valence-electron chi connectivity index (χ0n) is 13.2. The summed E-state index contributed by atoms with van der Waals surface area (Å²) in [6, 6.07) is 0. The molecule has 2 heterocycles. The lowest BCUT2D eigenvalue weighted by molar-refractivity contribution is -0.00266. The predicted molar refractivity (Wildman–Crippen MR) is 81.9 cm³/mol. The highest BCUT2D eigenvalue weighted by Crippen LogP contribution is 2.30. The van der Waals surface area contributed by atoms with E-state index < -0.39 is 5.56 Å². The molecule has 1 atom stereocenters. The molecule has 0 radical (unpaired) electrons. The van der Waals surface area contributed by atoms with E-state index in [0.717, 1.165) is 25.4 Å². The van der Waals surface area contributed by atoms with Crippen LogP contribution in [0.3, 0.4) is 0 Å². The zero-order chi connectivity index (χ0) is 15.7. The van der Waals surface area contributed by atoms with Crippen molar-refractivity contribution in [2.24, 2.45) is 5.92 Å². The van der Waals surface area contributed by atoms with Gasteiger partial charge in [-0.1, -0.05) is 0 Å². The standard InChI is InChI=1S/C16H23N3O3/c1-10-11(2)18-15(20)14(17-10)16(21)19-7-3-4-13(8-19)22-9-12-5-6-12/h12-13H,3-9H2,1-2H3,(H,18,20). The summed E-state index contributed by atoms with van der Waals surface area (Å²) < 4.78 is 5.90. The Bertz CT molecular complexity index is 622. The number of nitrogens with one attached hydrogen (secondary N) is 1. The first-order valence-corrected chi connectivity index (χ1v) is 8.03. The van der Waals surface area contributed by atoms with Crippen LogP contribution in [0, 0.1) is 19.8 Å². The number of piperidine rings is 1. The summed E-state index contributed by atoms with van der Waals surface area (Å²) in [5, 5.41) is 0. The summed E-state index contributed by atoms with van der Waals surface area (Å²) >= 11 is 0. The number of likely N-dealkylation sites (tertiary alicyclic amines) is 1. The number of H-pyrrole nitrogens is 1. The van der Waals surface area contributed by atoms with Gasteiger partial charge in [-0.3, -0.25) is 9.59 Å². The molecule has 0 aromatic carbocycles. The molecule has 6 heteroatoms. The summed E-state index contributed by atoms with van der Waals surface area (Å²) in [5.41, 5.74) is 0.965. The van der Waals surface area contributed by atoms with Crippen LogP contribution < -0.4 is 5.56 Å². The second-order valence-electron chi connectivity index (χ2n) is 6.42. The van der Waals surface area contributed by atoms with Crippen molar-refractivity contribution in [2.45, 2.75) is 45.6 Å². The van der Waals surface area contributed by atoms with Crippen molar-refractivity contribution in [1.29, 1.82) is 0 Å². The van der Waals surface area contributed by atoms with Crippen LogP contribution in [0.5, 0.6) is 0 Å². The van der Waals surface area contributed by atoms with Gasteiger partial charge in [0.25, 0.3) is 11.5 Å². The molecular weight excluding hydrogens is 282 g/mol. The van der Waals surface area contributed by atoms with Crippen LogP contribution in [0.15, 0.2) is 4.79 Å². The van der Waals surface area contributed by atoms with Gasteiger partial charge < -0.3 is 14.6 Å². The first-order valence-electron chi connectivity index (χ1n) is 8.03. The lowest BCUT2D eigenvalue weighted by Crippen LogP contribution is -2.45. The number of ether oxygens (including phenoxy) is 1. The summed E-state index contributed by atoms with van der Waals surface area (Å²) in [4.78, 5) is 33.1. The number of amides is 1. The Labute approximate surface area is 129 Å². The second kappa shape index (κ2) is 6.20. The van der Waals surface area contributed by atoms with Crippen LogP contribution in [0.25, 0.3) is 0 Å². The number of aryl methyl sites for hydroxylation is 2. The van der Waals surface area contributed by atoms with Crippen LogP contribution in [-0.4, -0.2) is 46.6 Å². The number of rotatable bonds is 4. The molecule has 3 rings (SSSR count). The molecule has 0 spiro atoms. The largest absolute Gasteiger partial charge is 0.376 e. The van der Waals surface area contributed by atoms with Gasteiger partial charge in [0.05, 0.1) is 11.8 Å². The fourth-order valence-electron chi connectivity index (χ4n) is 2.73. The van der Waals surface area contributed by atoms with E-state index in [4.69, 9.17) is 4.74 Å². The lowest BCUT2D eigenvalue weighted by Gasteiger charge is -2.32. The maximum atomic E-state index is 12.6. The molecule has 1 N–H and O–H groups in total. The average molecular weight is 305 g/mol. The Kier molecular flexibility index (Phi) is 4.29. The lowest BCUT2D eigenvalue weighted by atomic mass is 10.1. The molecule has 2 fully saturated rings. The van der Waals surface area contributed by atoms with Crippen LogP contribution in [0.1, 0.15) is 47.6 Å². The first kappa shape index (κ1) is 15.2. The third-order valence-corrected chi connectivity index (χ3v) is 4.47. The predicted octanol–water partition coefficient (Wildman–Crippen LogP) is 1.42. The van der Waals surface area contributed by atoms with Crippen molar-refractivity contribution in [2.75, 3.05) is 19.7 Å². The van der Waals surface area contributed by atoms with E-state index in [9.17, 15) is 9.59 Å². The van der Waals surface area contributed by atoms with E-state index in [1.165, 1.54) is 12.8 Å². The van der Waals surface area contributed by atoms with Crippen molar-refractivity contribution < 1.29 is 9.53 Å². The summed E-state index contributed by atoms with van der Waals surface area (Å²) in [6.07, 6.45) is 4.50. The van der Waals surface area contributed by atoms with Gasteiger partial charge in [-0.05, 0) is 45.4 Å². The van der Waals surface area contributed by atoms with E-state index in [0.29, 0.717) is 24.5 Å². The highest BCUT2D eigenvalue weighted by Gasteiger charge is 2.29. The molecule has 1 aromatic heterocycles. The van der Waals surface area contributed by atoms with Gasteiger partial charge in [0.2, 0.25) is 0 Å². The molecule has 1 aliphatic carbocycles. The Balaban J connectivity index is 1.68. The maximum Gasteiger partial charge on any atom is 0.279 e. The molecule has 22 heavy (non-hydrogen) atoms. The highest BCUT2D eigenvalue weighted by atomic mass is 16.5. The molecule has 120 valence electrons. The van der Waals surface area contributed by atoms with E-state index >= 15 is 0 Å². The summed E-state index contributed by atoms with van der Waals surface area (Å²) in [5.74, 6) is 0.430. The maximum absolute atomic E-state index is 12.6. The van der Waals surface area contributed by atoms with Crippen molar-refractivity contribution in [3.05, 3.63) is 27.4 Å². The number of hydrogen-bond donors (Lipinski definition) is 1. The van der Waals surface area contributed by atoms with Crippen molar-refractivity contribution in [1.82, 2.24) is 14.9 Å². The normalized spacial score (nSPS) is 21.9. The van der Waals surface area contributed by atoms with Crippen LogP contribution >= 0.6 is 0 Å². The number of hydrogen-bond acceptors (Lipinski definition) is 4. The molecule has 1 unspecified atom stereocenters. The van der Waals surface area contributed by atoms with Gasteiger partial charge in [-0.25, -0.2) is 4.98 Å². The van der Waals surface area contributed by atoms with E-state index in [1.54, 1.807) is 18.7 Å². The Morgan fingerprint density at radius 1 is 1.36 bits per heavy atom. The highest BCUT2D eigenvalue weighted by molar-refractivity contribution is 5.92. The van der Waals surface area contributed by atoms with Gasteiger partial charge in [0, 0.05) is 25.4 Å². The van der Waals surface area contributed by atoms with Crippen LogP contribution in [0.2, 0.25) is 0 Å². The Hall–Kier alpha value is -1.69. The second-order valence-corrected chi connectivity index (χ2v) is 6.42. The fourth-order valence-corrected chi connectivity index (χ4v) is 2.73. The molecule has 1 aromatic rings. The summed E-state index contributed by atoms with van der Waals surface area (Å²) in [6.45, 7) is 5.59. The topological polar surface area (TPSA) is 75.3 Å². The molecule has 6 nitrogen and oxygen atoms in total. The number of carbonyl (C=O) groups is 1. The number of nitrogens with zero attached hydrogens (tertiary/aromatic N) is 2. The first-order chi connectivity index (χ1) is 10.5. The van der Waals surface area contributed by atoms with Crippen LogP contribution in [0.4, 0.5) is 0 Å². The molecule has 1 aliphatic heterocycles. The van der Waals surface area contributed by atoms with Gasteiger partial charge >= 0.3 is 0 Å². The third kappa shape index (κ3) is 3.38. The van der Waals surface area contributed by atoms with Crippen molar-refractivity contribution in [3.63, 3.8) is 0 Å². The molecular formula is C16H23N3O3. The Morgan fingerprint density at radius 3 is 2.86 bits per heavy atom. The van der Waals surface area contributed by atoms with Gasteiger partial charge in [-0.15, -0.1) is 0 Å². The van der Waals surface area contributed by atoms with Gasteiger partial charge in [0.1, 0.15) is 0 Å². The molecule has 1 saturated carbocycles. The van der Waals surface area contributed by atoms with Crippen molar-refractivity contribution >= 4 is 5.91 Å². The monoisotopic (exact) mass is 305 g/mol. The minimum atomic E-state index is -0.408. The average Bonchev–Trinajstić information content (AvgIpc) is 3.33. The SMILES string of the molecule is Cc1nc(C(=O)N2CCCC(OCC3CC3)C2)c(=O)[nH]c1C. The third-order valence-electron chi connectivity index (χ3n) is 4.47. The number of aromatic amines is 1. The number of carbonyl (C=O) groups excluding carboxylic acids is 1. The minimum Gasteiger partial charge on any atom is -0.376 e. The molecule has 1 amide bonds.